The van der Waals surface area contributed by atoms with E-state index in [4.69, 9.17) is 4.74 Å². The van der Waals surface area contributed by atoms with E-state index in [-0.39, 0.29) is 0 Å². The van der Waals surface area contributed by atoms with Crippen molar-refractivity contribution in [3.63, 3.8) is 0 Å². The van der Waals surface area contributed by atoms with Crippen molar-refractivity contribution in [2.45, 2.75) is 18.1 Å². The number of rotatable bonds is 8. The molecule has 0 aliphatic carbocycles. The average Bonchev–Trinajstić information content (AvgIpc) is 3.08. The van der Waals surface area contributed by atoms with Crippen LogP contribution in [0.5, 0.6) is 5.75 Å². The first-order chi connectivity index (χ1) is 12.7. The van der Waals surface area contributed by atoms with Crippen molar-refractivity contribution in [3.05, 3.63) is 71.2 Å². The number of methoxy groups -OCH3 is 1. The number of benzene rings is 2. The summed E-state index contributed by atoms with van der Waals surface area (Å²) in [4.78, 5) is 0. The summed E-state index contributed by atoms with van der Waals surface area (Å²) in [5, 5.41) is 9.74. The van der Waals surface area contributed by atoms with Gasteiger partial charge in [-0.25, -0.2) is 0 Å². The first-order valence-electron chi connectivity index (χ1n) is 8.25. The predicted octanol–water partition coefficient (Wildman–Crippen LogP) is 5.20. The van der Waals surface area contributed by atoms with Crippen molar-refractivity contribution in [1.29, 1.82) is 0 Å². The molecule has 2 aromatic carbocycles. The van der Waals surface area contributed by atoms with Crippen LogP contribution < -0.4 is 4.74 Å². The fourth-order valence-corrected chi connectivity index (χ4v) is 3.72. The van der Waals surface area contributed by atoms with Crippen molar-refractivity contribution in [2.75, 3.05) is 12.9 Å². The largest absolute Gasteiger partial charge is 0.496 e. The lowest BCUT2D eigenvalue weighted by Crippen LogP contribution is -2.06. The lowest BCUT2D eigenvalue weighted by molar-refractivity contribution is 0.415. The number of aryl methyl sites for hydroxylation is 1. The molecular formula is C20H20BrN3OS. The van der Waals surface area contributed by atoms with Crippen LogP contribution in [-0.2, 0) is 13.0 Å². The number of hydrogen-bond acceptors (Lipinski definition) is 4. The van der Waals surface area contributed by atoms with E-state index in [1.807, 2.05) is 30.3 Å². The molecule has 6 heteroatoms. The summed E-state index contributed by atoms with van der Waals surface area (Å²) in [6, 6.07) is 18.3. The molecule has 3 aromatic rings. The number of thioether (sulfide) groups is 1. The van der Waals surface area contributed by atoms with E-state index in [1.165, 1.54) is 5.56 Å². The summed E-state index contributed by atoms with van der Waals surface area (Å²) in [6.45, 7) is 4.70. The van der Waals surface area contributed by atoms with Crippen LogP contribution in [0.15, 0.2) is 70.8 Å². The Balaban J connectivity index is 1.94. The molecule has 0 aliphatic rings. The highest BCUT2D eigenvalue weighted by molar-refractivity contribution is 9.11. The van der Waals surface area contributed by atoms with Crippen molar-refractivity contribution < 1.29 is 4.74 Å². The van der Waals surface area contributed by atoms with Gasteiger partial charge in [-0.15, -0.1) is 10.2 Å². The lowest BCUT2D eigenvalue weighted by atomic mass is 10.1. The first kappa shape index (κ1) is 18.7. The molecule has 26 heavy (non-hydrogen) atoms. The van der Waals surface area contributed by atoms with Crippen molar-refractivity contribution in [1.82, 2.24) is 14.8 Å². The van der Waals surface area contributed by atoms with E-state index in [1.54, 1.807) is 18.9 Å². The van der Waals surface area contributed by atoms with E-state index in [0.717, 1.165) is 45.5 Å². The quantitative estimate of drug-likeness (QED) is 0.461. The minimum atomic E-state index is 0.745. The number of hydrogen-bond donors (Lipinski definition) is 0. The number of ether oxygens (including phenoxy) is 1. The van der Waals surface area contributed by atoms with Crippen LogP contribution in [0.3, 0.4) is 0 Å². The minimum absolute atomic E-state index is 0.745. The van der Waals surface area contributed by atoms with Gasteiger partial charge in [-0.3, -0.25) is 0 Å². The SMILES string of the molecule is C=C(Br)CSc1nnc(-c2ccccc2OC)n1CCc1ccccc1. The molecule has 0 radical (unpaired) electrons. The summed E-state index contributed by atoms with van der Waals surface area (Å²) in [5.74, 6) is 2.36. The van der Waals surface area contributed by atoms with E-state index in [2.05, 4.69) is 61.5 Å². The molecule has 4 nitrogen and oxygen atoms in total. The molecule has 0 bridgehead atoms. The number of halogens is 1. The Morgan fingerprint density at radius 2 is 1.85 bits per heavy atom. The van der Waals surface area contributed by atoms with E-state index >= 15 is 0 Å². The third-order valence-electron chi connectivity index (χ3n) is 3.89. The maximum Gasteiger partial charge on any atom is 0.191 e. The summed E-state index contributed by atoms with van der Waals surface area (Å²) >= 11 is 5.04. The zero-order valence-electron chi connectivity index (χ0n) is 14.6. The van der Waals surface area contributed by atoms with Gasteiger partial charge in [0.25, 0.3) is 0 Å². The maximum absolute atomic E-state index is 5.52. The van der Waals surface area contributed by atoms with Crippen LogP contribution in [0.1, 0.15) is 5.56 Å². The second kappa shape index (κ2) is 9.05. The molecule has 3 rings (SSSR count). The Kier molecular flexibility index (Phi) is 6.52. The molecule has 1 aromatic heterocycles. The third-order valence-corrected chi connectivity index (χ3v) is 5.59. The second-order valence-electron chi connectivity index (χ2n) is 5.70. The zero-order chi connectivity index (χ0) is 18.4. The van der Waals surface area contributed by atoms with Crippen LogP contribution in [0.2, 0.25) is 0 Å². The molecule has 0 amide bonds. The normalized spacial score (nSPS) is 10.7. The van der Waals surface area contributed by atoms with E-state index in [0.29, 0.717) is 0 Å². The first-order valence-corrected chi connectivity index (χ1v) is 10.0. The number of aromatic nitrogens is 3. The van der Waals surface area contributed by atoms with Gasteiger partial charge in [0.15, 0.2) is 11.0 Å². The molecule has 134 valence electrons. The molecule has 0 N–H and O–H groups in total. The summed E-state index contributed by atoms with van der Waals surface area (Å²) < 4.78 is 8.60. The van der Waals surface area contributed by atoms with Gasteiger partial charge in [-0.1, -0.05) is 76.7 Å². The van der Waals surface area contributed by atoms with Crippen LogP contribution in [-0.4, -0.2) is 27.6 Å². The van der Waals surface area contributed by atoms with Crippen LogP contribution in [0.25, 0.3) is 11.4 Å². The number of para-hydroxylation sites is 1. The van der Waals surface area contributed by atoms with E-state index < -0.39 is 0 Å². The number of nitrogens with zero attached hydrogens (tertiary/aromatic N) is 3. The molecule has 0 fully saturated rings. The molecule has 0 saturated carbocycles. The van der Waals surface area contributed by atoms with Gasteiger partial charge in [-0.05, 0) is 28.6 Å². The fraction of sp³-hybridized carbons (Fsp3) is 0.200. The van der Waals surface area contributed by atoms with Gasteiger partial charge in [0.2, 0.25) is 0 Å². The van der Waals surface area contributed by atoms with Gasteiger partial charge in [0.05, 0.1) is 12.7 Å². The molecular weight excluding hydrogens is 410 g/mol. The fourth-order valence-electron chi connectivity index (χ4n) is 2.65. The Morgan fingerprint density at radius 3 is 2.58 bits per heavy atom. The highest BCUT2D eigenvalue weighted by Crippen LogP contribution is 2.31. The molecule has 0 aliphatic heterocycles. The topological polar surface area (TPSA) is 39.9 Å². The van der Waals surface area contributed by atoms with Gasteiger partial charge < -0.3 is 9.30 Å². The van der Waals surface area contributed by atoms with Gasteiger partial charge in [-0.2, -0.15) is 0 Å². The monoisotopic (exact) mass is 429 g/mol. The van der Waals surface area contributed by atoms with Gasteiger partial charge in [0, 0.05) is 12.3 Å². The van der Waals surface area contributed by atoms with Crippen molar-refractivity contribution >= 4 is 27.7 Å². The van der Waals surface area contributed by atoms with E-state index in [9.17, 15) is 0 Å². The van der Waals surface area contributed by atoms with Crippen molar-refractivity contribution in [2.24, 2.45) is 0 Å². The Hall–Kier alpha value is -2.05. The molecule has 0 spiro atoms. The minimum Gasteiger partial charge on any atom is -0.496 e. The Labute approximate surface area is 166 Å². The molecule has 0 saturated heterocycles. The Bertz CT molecular complexity index is 880. The molecule has 1 heterocycles. The summed E-state index contributed by atoms with van der Waals surface area (Å²) in [7, 11) is 1.67. The van der Waals surface area contributed by atoms with Crippen LogP contribution >= 0.6 is 27.7 Å². The van der Waals surface area contributed by atoms with Gasteiger partial charge >= 0.3 is 0 Å². The third kappa shape index (κ3) is 4.56. The highest BCUT2D eigenvalue weighted by Gasteiger charge is 2.17. The average molecular weight is 430 g/mol. The highest BCUT2D eigenvalue weighted by atomic mass is 79.9. The molecule has 0 atom stereocenters. The van der Waals surface area contributed by atoms with Crippen LogP contribution in [0, 0.1) is 0 Å². The van der Waals surface area contributed by atoms with Crippen LogP contribution in [0.4, 0.5) is 0 Å². The second-order valence-corrected chi connectivity index (χ2v) is 7.76. The van der Waals surface area contributed by atoms with Crippen molar-refractivity contribution in [3.8, 4) is 17.1 Å². The Morgan fingerprint density at radius 1 is 1.12 bits per heavy atom. The smallest absolute Gasteiger partial charge is 0.191 e. The van der Waals surface area contributed by atoms with Gasteiger partial charge in [0.1, 0.15) is 5.75 Å². The maximum atomic E-state index is 5.52. The standard InChI is InChI=1S/C20H20BrN3OS/c1-15(21)14-26-20-23-22-19(17-10-6-7-11-18(17)25-2)24(20)13-12-16-8-4-3-5-9-16/h3-11H,1,12-14H2,2H3. The zero-order valence-corrected chi connectivity index (χ0v) is 17.0. The summed E-state index contributed by atoms with van der Waals surface area (Å²) in [5.41, 5.74) is 2.23. The predicted molar refractivity (Wildman–Crippen MR) is 111 cm³/mol. The molecule has 0 unspecified atom stereocenters. The lowest BCUT2D eigenvalue weighted by Gasteiger charge is -2.12. The summed E-state index contributed by atoms with van der Waals surface area (Å²) in [6.07, 6.45) is 0.907.